The summed E-state index contributed by atoms with van der Waals surface area (Å²) in [5.74, 6) is 0.0103. The Morgan fingerprint density at radius 3 is 2.93 bits per heavy atom. The molecule has 0 fully saturated rings. The van der Waals surface area contributed by atoms with Crippen molar-refractivity contribution in [2.75, 3.05) is 20.3 Å². The average Bonchev–Trinajstić information content (AvgIpc) is 3.09. The van der Waals surface area contributed by atoms with Gasteiger partial charge in [-0.2, -0.15) is 0 Å². The van der Waals surface area contributed by atoms with Crippen LogP contribution >= 0.6 is 12.2 Å². The monoisotopic (exact) mass is 388 g/mol. The molecule has 3 rings (SSSR count). The van der Waals surface area contributed by atoms with Crippen molar-refractivity contribution < 1.29 is 18.7 Å². The van der Waals surface area contributed by atoms with Crippen molar-refractivity contribution >= 4 is 23.3 Å². The van der Waals surface area contributed by atoms with E-state index in [1.165, 1.54) is 6.07 Å². The van der Waals surface area contributed by atoms with E-state index in [2.05, 4.69) is 10.6 Å². The Morgan fingerprint density at radius 2 is 2.11 bits per heavy atom. The Labute approximate surface area is 162 Å². The van der Waals surface area contributed by atoms with Crippen LogP contribution in [-0.4, -0.2) is 31.3 Å². The van der Waals surface area contributed by atoms with Gasteiger partial charge in [-0.15, -0.1) is 0 Å². The van der Waals surface area contributed by atoms with Gasteiger partial charge in [-0.1, -0.05) is 18.2 Å². The molecule has 142 valence electrons. The minimum atomic E-state index is -0.422. The van der Waals surface area contributed by atoms with Gasteiger partial charge in [-0.25, -0.2) is 9.18 Å². The van der Waals surface area contributed by atoms with Gasteiger partial charge in [-0.05, 0) is 60.5 Å². The Bertz CT molecular complexity index is 844. The minimum absolute atomic E-state index is 0.00460. The lowest BCUT2D eigenvalue weighted by atomic mass is 10.1. The molecule has 0 bridgehead atoms. The summed E-state index contributed by atoms with van der Waals surface area (Å²) in [5, 5.41) is 6.66. The molecule has 0 heterocycles. The van der Waals surface area contributed by atoms with Crippen molar-refractivity contribution in [3.8, 4) is 5.75 Å². The first-order valence-corrected chi connectivity index (χ1v) is 9.12. The van der Waals surface area contributed by atoms with Crippen molar-refractivity contribution in [3.63, 3.8) is 0 Å². The highest BCUT2D eigenvalue weighted by molar-refractivity contribution is 7.80. The number of ether oxygens (including phenoxy) is 2. The largest absolute Gasteiger partial charge is 0.497 e. The number of halogens is 1. The van der Waals surface area contributed by atoms with E-state index in [1.54, 1.807) is 37.4 Å². The number of methoxy groups -OCH3 is 1. The molecule has 1 aliphatic carbocycles. The summed E-state index contributed by atoms with van der Waals surface area (Å²) in [6.45, 7) is 0.554. The zero-order chi connectivity index (χ0) is 19.2. The maximum atomic E-state index is 13.8. The molecule has 0 saturated carbocycles. The number of rotatable bonds is 6. The fourth-order valence-electron chi connectivity index (χ4n) is 3.11. The summed E-state index contributed by atoms with van der Waals surface area (Å²) in [6.07, 6.45) is 1.49. The highest BCUT2D eigenvalue weighted by Gasteiger charge is 2.25. The van der Waals surface area contributed by atoms with Crippen molar-refractivity contribution in [3.05, 3.63) is 65.0 Å². The highest BCUT2D eigenvalue weighted by atomic mass is 32.1. The van der Waals surface area contributed by atoms with Crippen LogP contribution in [0.5, 0.6) is 5.75 Å². The van der Waals surface area contributed by atoms with Crippen molar-refractivity contribution in [1.29, 1.82) is 0 Å². The number of thiocarbonyl (C=S) groups is 1. The van der Waals surface area contributed by atoms with E-state index in [0.717, 1.165) is 17.5 Å². The van der Waals surface area contributed by atoms with Crippen LogP contribution in [0, 0.1) is 5.82 Å². The van der Waals surface area contributed by atoms with E-state index in [4.69, 9.17) is 21.7 Å². The maximum Gasteiger partial charge on any atom is 0.338 e. The third-order valence-electron chi connectivity index (χ3n) is 4.45. The standard InChI is InChI=1S/C20H21FN2O3S/c1-25-14-5-2-4-13(12-14)19(24)26-11-10-22-20(27)23-18-9-8-15-16(18)6-3-7-17(15)21/h2-7,12,18H,8-11H2,1H3,(H2,22,23,27). The summed E-state index contributed by atoms with van der Waals surface area (Å²) in [6, 6.07) is 11.9. The topological polar surface area (TPSA) is 59.6 Å². The SMILES string of the molecule is COc1cccc(C(=O)OCCNC(=S)NC2CCc3c(F)cccc32)c1. The van der Waals surface area contributed by atoms with Crippen LogP contribution in [-0.2, 0) is 11.2 Å². The molecule has 2 aromatic rings. The number of fused-ring (bicyclic) bond motifs is 1. The number of esters is 1. The normalized spacial score (nSPS) is 15.0. The third-order valence-corrected chi connectivity index (χ3v) is 4.71. The molecule has 0 radical (unpaired) electrons. The minimum Gasteiger partial charge on any atom is -0.497 e. The van der Waals surface area contributed by atoms with Crippen LogP contribution in [0.4, 0.5) is 4.39 Å². The Kier molecular flexibility index (Phi) is 6.24. The molecular weight excluding hydrogens is 367 g/mol. The summed E-state index contributed by atoms with van der Waals surface area (Å²) < 4.78 is 24.1. The van der Waals surface area contributed by atoms with E-state index in [9.17, 15) is 9.18 Å². The van der Waals surface area contributed by atoms with Gasteiger partial charge < -0.3 is 20.1 Å². The smallest absolute Gasteiger partial charge is 0.338 e. The molecule has 27 heavy (non-hydrogen) atoms. The second-order valence-electron chi connectivity index (χ2n) is 6.17. The van der Waals surface area contributed by atoms with Gasteiger partial charge in [0, 0.05) is 0 Å². The van der Waals surface area contributed by atoms with E-state index in [-0.39, 0.29) is 18.5 Å². The molecule has 0 aromatic heterocycles. The number of carbonyl (C=O) groups is 1. The fourth-order valence-corrected chi connectivity index (χ4v) is 3.35. The first-order valence-electron chi connectivity index (χ1n) is 8.71. The van der Waals surface area contributed by atoms with Gasteiger partial charge in [0.05, 0.1) is 25.3 Å². The Balaban J connectivity index is 1.42. The Hall–Kier alpha value is -2.67. The number of benzene rings is 2. The van der Waals surface area contributed by atoms with Crippen molar-refractivity contribution in [2.24, 2.45) is 0 Å². The van der Waals surface area contributed by atoms with Gasteiger partial charge in [0.1, 0.15) is 18.2 Å². The first-order chi connectivity index (χ1) is 13.1. The lowest BCUT2D eigenvalue weighted by Crippen LogP contribution is -2.38. The number of hydrogen-bond acceptors (Lipinski definition) is 4. The number of carbonyl (C=O) groups excluding carboxylic acids is 1. The zero-order valence-corrected chi connectivity index (χ0v) is 15.8. The number of nitrogens with one attached hydrogen (secondary N) is 2. The summed E-state index contributed by atoms with van der Waals surface area (Å²) in [4.78, 5) is 12.0. The van der Waals surface area contributed by atoms with Gasteiger partial charge in [0.2, 0.25) is 0 Å². The fraction of sp³-hybridized carbons (Fsp3) is 0.300. The molecule has 2 N–H and O–H groups in total. The van der Waals surface area contributed by atoms with Crippen LogP contribution in [0.2, 0.25) is 0 Å². The number of hydrogen-bond donors (Lipinski definition) is 2. The molecule has 1 atom stereocenters. The van der Waals surface area contributed by atoms with Crippen LogP contribution in [0.1, 0.15) is 33.9 Å². The molecule has 7 heteroatoms. The van der Waals surface area contributed by atoms with Crippen LogP contribution < -0.4 is 15.4 Å². The molecular formula is C20H21FN2O3S. The summed E-state index contributed by atoms with van der Waals surface area (Å²) >= 11 is 5.28. The predicted molar refractivity (Wildman–Crippen MR) is 104 cm³/mol. The van der Waals surface area contributed by atoms with E-state index >= 15 is 0 Å². The lowest BCUT2D eigenvalue weighted by molar-refractivity contribution is 0.0512. The van der Waals surface area contributed by atoms with Gasteiger partial charge in [0.15, 0.2) is 5.11 Å². The average molecular weight is 388 g/mol. The predicted octanol–water partition coefficient (Wildman–Crippen LogP) is 3.14. The van der Waals surface area contributed by atoms with Crippen LogP contribution in [0.25, 0.3) is 0 Å². The van der Waals surface area contributed by atoms with E-state index < -0.39 is 5.97 Å². The van der Waals surface area contributed by atoms with Gasteiger partial charge in [0.25, 0.3) is 0 Å². The van der Waals surface area contributed by atoms with Crippen molar-refractivity contribution in [2.45, 2.75) is 18.9 Å². The quantitative estimate of drug-likeness (QED) is 0.450. The summed E-state index contributed by atoms with van der Waals surface area (Å²) in [7, 11) is 1.54. The van der Waals surface area contributed by atoms with E-state index in [0.29, 0.717) is 29.4 Å². The molecule has 5 nitrogen and oxygen atoms in total. The van der Waals surface area contributed by atoms with Crippen LogP contribution in [0.15, 0.2) is 42.5 Å². The molecule has 1 unspecified atom stereocenters. The van der Waals surface area contributed by atoms with Crippen molar-refractivity contribution in [1.82, 2.24) is 10.6 Å². The second-order valence-corrected chi connectivity index (χ2v) is 6.58. The molecule has 0 spiro atoms. The maximum absolute atomic E-state index is 13.8. The third kappa shape index (κ3) is 4.74. The zero-order valence-electron chi connectivity index (χ0n) is 15.0. The summed E-state index contributed by atoms with van der Waals surface area (Å²) in [5.41, 5.74) is 2.13. The van der Waals surface area contributed by atoms with E-state index in [1.807, 2.05) is 6.07 Å². The molecule has 0 amide bonds. The first kappa shape index (κ1) is 19.1. The van der Waals surface area contributed by atoms with Gasteiger partial charge in [-0.3, -0.25) is 0 Å². The van der Waals surface area contributed by atoms with Gasteiger partial charge >= 0.3 is 5.97 Å². The molecule has 2 aromatic carbocycles. The molecule has 1 aliphatic rings. The van der Waals surface area contributed by atoms with Crippen LogP contribution in [0.3, 0.4) is 0 Å². The second kappa shape index (κ2) is 8.81. The molecule has 0 saturated heterocycles. The Morgan fingerprint density at radius 1 is 1.30 bits per heavy atom. The lowest BCUT2D eigenvalue weighted by Gasteiger charge is -2.17. The molecule has 0 aliphatic heterocycles. The highest BCUT2D eigenvalue weighted by Crippen LogP contribution is 2.32.